The van der Waals surface area contributed by atoms with Gasteiger partial charge in [-0.3, -0.25) is 0 Å². The normalized spacial score (nSPS) is 28.0. The lowest BCUT2D eigenvalue weighted by Gasteiger charge is -2.52. The zero-order chi connectivity index (χ0) is 18.1. The molecular formula is C21H38N2O2. The summed E-state index contributed by atoms with van der Waals surface area (Å²) in [5.74, 6) is 0.966. The zero-order valence-corrected chi connectivity index (χ0v) is 16.8. The Morgan fingerprint density at radius 3 is 2.48 bits per heavy atom. The number of ether oxygens (including phenoxy) is 1. The standard InChI is InChI=1S/C21H38N2O2/c1-16(14-17-8-9-17)22-18-10-13-23(19(24)25-20(2,3)4)21(15-18)11-6-5-7-12-21/h16-18,22H,5-15H2,1-4H3. The smallest absolute Gasteiger partial charge is 0.410 e. The van der Waals surface area contributed by atoms with E-state index in [0.717, 1.165) is 38.1 Å². The van der Waals surface area contributed by atoms with Crippen molar-refractivity contribution < 1.29 is 9.53 Å². The van der Waals surface area contributed by atoms with Crippen molar-refractivity contribution in [3.05, 3.63) is 0 Å². The molecule has 0 aromatic heterocycles. The van der Waals surface area contributed by atoms with E-state index >= 15 is 0 Å². The summed E-state index contributed by atoms with van der Waals surface area (Å²) in [6.07, 6.45) is 12.3. The number of nitrogens with zero attached hydrogens (tertiary/aromatic N) is 1. The molecule has 0 radical (unpaired) electrons. The van der Waals surface area contributed by atoms with E-state index in [2.05, 4.69) is 17.1 Å². The third-order valence-corrected chi connectivity index (χ3v) is 6.20. The van der Waals surface area contributed by atoms with Gasteiger partial charge in [-0.1, -0.05) is 32.1 Å². The van der Waals surface area contributed by atoms with Gasteiger partial charge in [0, 0.05) is 24.2 Å². The number of amides is 1. The van der Waals surface area contributed by atoms with Crippen molar-refractivity contribution in [1.82, 2.24) is 10.2 Å². The number of nitrogens with one attached hydrogen (secondary N) is 1. The molecule has 1 spiro atoms. The molecular weight excluding hydrogens is 312 g/mol. The molecule has 3 aliphatic rings. The number of carbonyl (C=O) groups excluding carboxylic acids is 1. The van der Waals surface area contributed by atoms with E-state index in [0.29, 0.717) is 12.1 Å². The van der Waals surface area contributed by atoms with Gasteiger partial charge in [-0.25, -0.2) is 4.79 Å². The van der Waals surface area contributed by atoms with Crippen LogP contribution in [-0.2, 0) is 4.74 Å². The molecule has 0 bridgehead atoms. The van der Waals surface area contributed by atoms with Gasteiger partial charge in [0.25, 0.3) is 0 Å². The van der Waals surface area contributed by atoms with E-state index in [1.54, 1.807) is 0 Å². The Morgan fingerprint density at radius 1 is 1.20 bits per heavy atom. The summed E-state index contributed by atoms with van der Waals surface area (Å²) in [5.41, 5.74) is -0.392. The molecule has 4 heteroatoms. The first-order valence-electron chi connectivity index (χ1n) is 10.5. The van der Waals surface area contributed by atoms with Gasteiger partial charge in [-0.2, -0.15) is 0 Å². The highest BCUT2D eigenvalue weighted by molar-refractivity contribution is 5.69. The summed E-state index contributed by atoms with van der Waals surface area (Å²) in [6.45, 7) is 9.07. The van der Waals surface area contributed by atoms with Gasteiger partial charge >= 0.3 is 6.09 Å². The molecule has 1 heterocycles. The number of hydrogen-bond acceptors (Lipinski definition) is 3. The van der Waals surface area contributed by atoms with Crippen LogP contribution in [-0.4, -0.2) is 40.8 Å². The molecule has 0 aromatic rings. The number of carbonyl (C=O) groups is 1. The molecule has 1 N–H and O–H groups in total. The minimum absolute atomic E-state index is 0.0236. The first-order chi connectivity index (χ1) is 11.8. The third-order valence-electron chi connectivity index (χ3n) is 6.20. The number of hydrogen-bond donors (Lipinski definition) is 1. The fourth-order valence-corrected chi connectivity index (χ4v) is 4.95. The van der Waals surface area contributed by atoms with E-state index in [1.807, 2.05) is 20.8 Å². The fraction of sp³-hybridized carbons (Fsp3) is 0.952. The molecule has 2 aliphatic carbocycles. The summed E-state index contributed by atoms with van der Waals surface area (Å²) in [7, 11) is 0. The second-order valence-electron chi connectivity index (χ2n) is 9.85. The molecule has 1 amide bonds. The summed E-state index contributed by atoms with van der Waals surface area (Å²) in [4.78, 5) is 15.0. The van der Waals surface area contributed by atoms with Crippen molar-refractivity contribution >= 4 is 6.09 Å². The van der Waals surface area contributed by atoms with Gasteiger partial charge in [0.1, 0.15) is 5.60 Å². The van der Waals surface area contributed by atoms with Gasteiger partial charge < -0.3 is 15.0 Å². The van der Waals surface area contributed by atoms with Gasteiger partial charge in [-0.05, 0) is 65.7 Å². The topological polar surface area (TPSA) is 41.6 Å². The summed E-state index contributed by atoms with van der Waals surface area (Å²) in [5, 5.41) is 3.89. The molecule has 25 heavy (non-hydrogen) atoms. The highest BCUT2D eigenvalue weighted by atomic mass is 16.6. The highest BCUT2D eigenvalue weighted by Crippen LogP contribution is 2.42. The maximum Gasteiger partial charge on any atom is 0.410 e. The molecule has 3 fully saturated rings. The predicted octanol–water partition coefficient (Wildman–Crippen LogP) is 4.87. The Morgan fingerprint density at radius 2 is 1.88 bits per heavy atom. The minimum Gasteiger partial charge on any atom is -0.444 e. The van der Waals surface area contributed by atoms with Crippen LogP contribution < -0.4 is 5.32 Å². The average Bonchev–Trinajstić information content (AvgIpc) is 3.30. The fourth-order valence-electron chi connectivity index (χ4n) is 4.95. The monoisotopic (exact) mass is 350 g/mol. The summed E-state index contributed by atoms with van der Waals surface area (Å²) in [6, 6.07) is 1.15. The van der Waals surface area contributed by atoms with Gasteiger partial charge in [0.2, 0.25) is 0 Å². The van der Waals surface area contributed by atoms with E-state index in [9.17, 15) is 4.79 Å². The molecule has 2 saturated carbocycles. The van der Waals surface area contributed by atoms with Crippen molar-refractivity contribution in [2.24, 2.45) is 5.92 Å². The molecule has 0 aromatic carbocycles. The predicted molar refractivity (Wildman–Crippen MR) is 102 cm³/mol. The maximum atomic E-state index is 12.9. The van der Waals surface area contributed by atoms with Crippen LogP contribution in [0.4, 0.5) is 4.79 Å². The van der Waals surface area contributed by atoms with Crippen molar-refractivity contribution in [3.8, 4) is 0 Å². The van der Waals surface area contributed by atoms with Gasteiger partial charge in [0.05, 0.1) is 0 Å². The third kappa shape index (κ3) is 5.12. The van der Waals surface area contributed by atoms with Crippen LogP contribution in [0.5, 0.6) is 0 Å². The van der Waals surface area contributed by atoms with E-state index < -0.39 is 5.60 Å². The van der Waals surface area contributed by atoms with E-state index in [-0.39, 0.29) is 11.6 Å². The molecule has 2 atom stereocenters. The number of likely N-dealkylation sites (tertiary alicyclic amines) is 1. The largest absolute Gasteiger partial charge is 0.444 e. The van der Waals surface area contributed by atoms with Crippen molar-refractivity contribution in [2.75, 3.05) is 6.54 Å². The summed E-state index contributed by atoms with van der Waals surface area (Å²) >= 11 is 0. The van der Waals surface area contributed by atoms with Crippen LogP contribution in [0, 0.1) is 5.92 Å². The lowest BCUT2D eigenvalue weighted by atomic mass is 9.73. The molecule has 144 valence electrons. The van der Waals surface area contributed by atoms with Crippen molar-refractivity contribution in [1.29, 1.82) is 0 Å². The number of piperidine rings is 1. The number of rotatable bonds is 4. The lowest BCUT2D eigenvalue weighted by Crippen LogP contribution is -2.61. The zero-order valence-electron chi connectivity index (χ0n) is 16.8. The lowest BCUT2D eigenvalue weighted by molar-refractivity contribution is -0.0337. The highest BCUT2D eigenvalue weighted by Gasteiger charge is 2.46. The van der Waals surface area contributed by atoms with Crippen LogP contribution in [0.1, 0.15) is 91.9 Å². The molecule has 1 saturated heterocycles. The van der Waals surface area contributed by atoms with Crippen LogP contribution in [0.3, 0.4) is 0 Å². The second kappa shape index (κ2) is 7.46. The molecule has 4 nitrogen and oxygen atoms in total. The van der Waals surface area contributed by atoms with E-state index in [4.69, 9.17) is 4.74 Å². The van der Waals surface area contributed by atoms with Crippen LogP contribution in [0.2, 0.25) is 0 Å². The molecule has 1 aliphatic heterocycles. The van der Waals surface area contributed by atoms with Crippen molar-refractivity contribution in [3.63, 3.8) is 0 Å². The summed E-state index contributed by atoms with van der Waals surface area (Å²) < 4.78 is 5.75. The SMILES string of the molecule is CC(CC1CC1)NC1CCN(C(=O)OC(C)(C)C)C2(CCCCC2)C1. The van der Waals surface area contributed by atoms with Gasteiger partial charge in [-0.15, -0.1) is 0 Å². The first kappa shape index (κ1) is 19.0. The Balaban J connectivity index is 1.65. The molecule has 3 rings (SSSR count). The minimum atomic E-state index is -0.416. The van der Waals surface area contributed by atoms with Crippen LogP contribution in [0.15, 0.2) is 0 Å². The second-order valence-corrected chi connectivity index (χ2v) is 9.85. The van der Waals surface area contributed by atoms with Gasteiger partial charge in [0.15, 0.2) is 0 Å². The van der Waals surface area contributed by atoms with Crippen LogP contribution >= 0.6 is 0 Å². The Hall–Kier alpha value is -0.770. The average molecular weight is 351 g/mol. The quantitative estimate of drug-likeness (QED) is 0.786. The Labute approximate surface area is 154 Å². The Kier molecular flexibility index (Phi) is 5.67. The van der Waals surface area contributed by atoms with Crippen LogP contribution in [0.25, 0.3) is 0 Å². The Bertz CT molecular complexity index is 461. The van der Waals surface area contributed by atoms with Crippen molar-refractivity contribution in [2.45, 2.75) is 115 Å². The molecule has 2 unspecified atom stereocenters. The first-order valence-corrected chi connectivity index (χ1v) is 10.5. The maximum absolute atomic E-state index is 12.9. The van der Waals surface area contributed by atoms with E-state index in [1.165, 1.54) is 38.5 Å².